The number of rotatable bonds is 3. The SMILES string of the molecule is CS(=O)(=O)c1cc(S(C)(=O)=O)c2oc3ccc(C(=O)[O-])cc3c(=O)c2c1.[K+]. The second-order valence-corrected chi connectivity index (χ2v) is 9.77. The summed E-state index contributed by atoms with van der Waals surface area (Å²) < 4.78 is 53.4. The minimum atomic E-state index is -3.92. The van der Waals surface area contributed by atoms with Gasteiger partial charge in [0, 0.05) is 12.5 Å². The molecule has 1 heterocycles. The summed E-state index contributed by atoms with van der Waals surface area (Å²) in [5.74, 6) is -1.51. The van der Waals surface area contributed by atoms with Crippen LogP contribution in [0.3, 0.4) is 0 Å². The number of aromatic carboxylic acids is 1. The first kappa shape index (κ1) is 22.2. The molecule has 3 aromatic rings. The van der Waals surface area contributed by atoms with E-state index in [2.05, 4.69) is 0 Å². The van der Waals surface area contributed by atoms with Crippen molar-refractivity contribution in [3.8, 4) is 0 Å². The summed E-state index contributed by atoms with van der Waals surface area (Å²) in [6.07, 6.45) is 1.73. The van der Waals surface area contributed by atoms with Crippen LogP contribution in [0.4, 0.5) is 0 Å². The third kappa shape index (κ3) is 4.19. The van der Waals surface area contributed by atoms with Crippen LogP contribution in [0, 0.1) is 0 Å². The zero-order valence-electron chi connectivity index (χ0n) is 14.5. The van der Waals surface area contributed by atoms with Crippen molar-refractivity contribution in [2.24, 2.45) is 0 Å². The number of carboxylic acids is 1. The number of carbonyl (C=O) groups is 1. The average Bonchev–Trinajstić information content (AvgIpc) is 2.52. The summed E-state index contributed by atoms with van der Waals surface area (Å²) in [5, 5.41) is 10.6. The third-order valence-electron chi connectivity index (χ3n) is 3.77. The maximum absolute atomic E-state index is 12.8. The van der Waals surface area contributed by atoms with Gasteiger partial charge in [0.1, 0.15) is 10.5 Å². The summed E-state index contributed by atoms with van der Waals surface area (Å²) in [4.78, 5) is 22.9. The van der Waals surface area contributed by atoms with Gasteiger partial charge < -0.3 is 14.3 Å². The molecular weight excluding hydrogens is 423 g/mol. The van der Waals surface area contributed by atoms with Crippen molar-refractivity contribution in [2.45, 2.75) is 9.79 Å². The standard InChI is InChI=1S/C16H12O8S2.K/c1-25(20,21)9-6-11-14(17)10-5-8(16(18)19)3-4-12(10)24-15(11)13(7-9)26(2,22)23;/h3-7H,1-2H3,(H,18,19);/q;+1/p-1. The van der Waals surface area contributed by atoms with Crippen molar-refractivity contribution >= 4 is 47.6 Å². The first-order valence-electron chi connectivity index (χ1n) is 7.05. The molecule has 0 unspecified atom stereocenters. The number of benzene rings is 2. The van der Waals surface area contributed by atoms with Crippen molar-refractivity contribution in [1.29, 1.82) is 0 Å². The average molecular weight is 434 g/mol. The van der Waals surface area contributed by atoms with Gasteiger partial charge >= 0.3 is 51.4 Å². The summed E-state index contributed by atoms with van der Waals surface area (Å²) >= 11 is 0. The zero-order valence-corrected chi connectivity index (χ0v) is 19.2. The Morgan fingerprint density at radius 3 is 2.11 bits per heavy atom. The predicted octanol–water partition coefficient (Wildman–Crippen LogP) is -2.88. The molecule has 1 aromatic heterocycles. The Hall–Kier alpha value is -1.08. The van der Waals surface area contributed by atoms with Crippen LogP contribution in [0.15, 0.2) is 49.3 Å². The Balaban J connectivity index is 0.00000261. The van der Waals surface area contributed by atoms with Gasteiger partial charge in [0.05, 0.1) is 21.6 Å². The van der Waals surface area contributed by atoms with E-state index in [1.165, 1.54) is 6.07 Å². The maximum Gasteiger partial charge on any atom is 1.00 e. The molecule has 0 saturated carbocycles. The fraction of sp³-hybridized carbons (Fsp3) is 0.125. The van der Waals surface area contributed by atoms with E-state index >= 15 is 0 Å². The molecule has 0 fully saturated rings. The number of sulfone groups is 2. The molecule has 0 aliphatic rings. The monoisotopic (exact) mass is 434 g/mol. The third-order valence-corrected chi connectivity index (χ3v) is 5.97. The molecule has 2 aromatic carbocycles. The number of fused-ring (bicyclic) bond motifs is 2. The zero-order chi connectivity index (χ0) is 19.4. The molecule has 0 N–H and O–H groups in total. The van der Waals surface area contributed by atoms with Crippen LogP contribution in [-0.4, -0.2) is 35.3 Å². The van der Waals surface area contributed by atoms with Gasteiger partial charge in [0.2, 0.25) is 5.43 Å². The van der Waals surface area contributed by atoms with Crippen molar-refractivity contribution < 1.29 is 82.5 Å². The van der Waals surface area contributed by atoms with Gasteiger partial charge in [-0.25, -0.2) is 16.8 Å². The van der Waals surface area contributed by atoms with Gasteiger partial charge in [0.25, 0.3) is 0 Å². The van der Waals surface area contributed by atoms with Crippen LogP contribution in [0.1, 0.15) is 10.4 Å². The smallest absolute Gasteiger partial charge is 0.545 e. The van der Waals surface area contributed by atoms with E-state index in [0.29, 0.717) is 0 Å². The van der Waals surface area contributed by atoms with Crippen LogP contribution in [-0.2, 0) is 19.7 Å². The molecule has 8 nitrogen and oxygen atoms in total. The van der Waals surface area contributed by atoms with Gasteiger partial charge in [-0.05, 0) is 35.9 Å². The summed E-state index contributed by atoms with van der Waals surface area (Å²) in [7, 11) is -7.74. The number of carboxylic acid groups (broad SMARTS) is 1. The van der Waals surface area contributed by atoms with E-state index in [-0.39, 0.29) is 83.8 Å². The number of carbonyl (C=O) groups excluding carboxylic acids is 1. The van der Waals surface area contributed by atoms with Crippen molar-refractivity contribution in [2.75, 3.05) is 12.5 Å². The van der Waals surface area contributed by atoms with Crippen molar-refractivity contribution in [3.05, 3.63) is 46.1 Å². The summed E-state index contributed by atoms with van der Waals surface area (Å²) in [6.45, 7) is 0. The fourth-order valence-corrected chi connectivity index (χ4v) is 4.09. The van der Waals surface area contributed by atoms with E-state index in [0.717, 1.165) is 36.8 Å². The first-order valence-corrected chi connectivity index (χ1v) is 10.8. The molecule has 0 radical (unpaired) electrons. The second kappa shape index (κ2) is 7.39. The van der Waals surface area contributed by atoms with Crippen molar-refractivity contribution in [1.82, 2.24) is 0 Å². The minimum absolute atomic E-state index is 0. The van der Waals surface area contributed by atoms with Crippen LogP contribution in [0.2, 0.25) is 0 Å². The Kier molecular flexibility index (Phi) is 6.08. The van der Waals surface area contributed by atoms with Gasteiger partial charge in [0.15, 0.2) is 25.3 Å². The van der Waals surface area contributed by atoms with E-state index < -0.39 is 36.0 Å². The van der Waals surface area contributed by atoms with E-state index in [4.69, 9.17) is 4.42 Å². The van der Waals surface area contributed by atoms with Crippen molar-refractivity contribution in [3.63, 3.8) is 0 Å². The largest absolute Gasteiger partial charge is 1.00 e. The predicted molar refractivity (Wildman–Crippen MR) is 90.5 cm³/mol. The summed E-state index contributed by atoms with van der Waals surface area (Å²) in [6, 6.07) is 5.33. The Labute approximate surface area is 196 Å². The fourth-order valence-electron chi connectivity index (χ4n) is 2.52. The van der Waals surface area contributed by atoms with Gasteiger partial charge in [-0.3, -0.25) is 4.79 Å². The van der Waals surface area contributed by atoms with E-state index in [1.807, 2.05) is 0 Å². The Morgan fingerprint density at radius 1 is 0.963 bits per heavy atom. The van der Waals surface area contributed by atoms with Gasteiger partial charge in [-0.1, -0.05) is 0 Å². The summed E-state index contributed by atoms with van der Waals surface area (Å²) in [5.41, 5.74) is -1.35. The van der Waals surface area contributed by atoms with Crippen LogP contribution >= 0.6 is 0 Å². The Morgan fingerprint density at radius 2 is 1.59 bits per heavy atom. The Bertz CT molecular complexity index is 1370. The molecule has 0 atom stereocenters. The quantitative estimate of drug-likeness (QED) is 0.316. The van der Waals surface area contributed by atoms with Crippen LogP contribution in [0.25, 0.3) is 21.9 Å². The second-order valence-electron chi connectivity index (χ2n) is 5.77. The number of hydrogen-bond acceptors (Lipinski definition) is 8. The molecule has 3 rings (SSSR count). The minimum Gasteiger partial charge on any atom is -0.545 e. The molecule has 136 valence electrons. The van der Waals surface area contributed by atoms with Gasteiger partial charge in [-0.2, -0.15) is 0 Å². The topological polar surface area (TPSA) is 139 Å². The molecular formula is C16H11KO8S2. The molecule has 0 bridgehead atoms. The van der Waals surface area contributed by atoms with E-state index in [9.17, 15) is 31.5 Å². The van der Waals surface area contributed by atoms with Crippen LogP contribution < -0.4 is 61.9 Å². The molecule has 0 aliphatic carbocycles. The maximum atomic E-state index is 12.8. The molecule has 0 saturated heterocycles. The van der Waals surface area contributed by atoms with E-state index in [1.54, 1.807) is 0 Å². The van der Waals surface area contributed by atoms with Gasteiger partial charge in [-0.15, -0.1) is 0 Å². The molecule has 0 aliphatic heterocycles. The molecule has 0 amide bonds. The molecule has 27 heavy (non-hydrogen) atoms. The molecule has 0 spiro atoms. The first-order chi connectivity index (χ1) is 11.9. The van der Waals surface area contributed by atoms with Crippen LogP contribution in [0.5, 0.6) is 0 Å². The number of hydrogen-bond donors (Lipinski definition) is 0. The molecule has 11 heteroatoms. The normalized spacial score (nSPS) is 12.1.